The molecule has 0 fully saturated rings. The van der Waals surface area contributed by atoms with Gasteiger partial charge in [-0.2, -0.15) is 0 Å². The van der Waals surface area contributed by atoms with Crippen molar-refractivity contribution in [3.63, 3.8) is 0 Å². The molecule has 0 saturated heterocycles. The maximum Gasteiger partial charge on any atom is 0.118 e. The van der Waals surface area contributed by atoms with Crippen LogP contribution in [0.1, 0.15) is 63.9 Å². The van der Waals surface area contributed by atoms with Crippen molar-refractivity contribution >= 4 is 11.4 Å². The molecule has 0 spiro atoms. The molecule has 2 nitrogen and oxygen atoms in total. The van der Waals surface area contributed by atoms with Gasteiger partial charge in [-0.25, -0.2) is 0 Å². The van der Waals surface area contributed by atoms with Crippen LogP contribution in [0.2, 0.25) is 0 Å². The van der Waals surface area contributed by atoms with E-state index in [0.29, 0.717) is 5.75 Å². The van der Waals surface area contributed by atoms with Gasteiger partial charge in [0.2, 0.25) is 0 Å². The molecule has 0 aliphatic heterocycles. The lowest BCUT2D eigenvalue weighted by Gasteiger charge is -2.10. The van der Waals surface area contributed by atoms with Crippen molar-refractivity contribution < 1.29 is 5.11 Å². The van der Waals surface area contributed by atoms with Crippen molar-refractivity contribution in [2.75, 3.05) is 5.32 Å². The molecule has 24 heavy (non-hydrogen) atoms. The number of phenols is 1. The van der Waals surface area contributed by atoms with Crippen LogP contribution >= 0.6 is 0 Å². The number of benzene rings is 2. The maximum absolute atomic E-state index is 10.1. The molecular formula is C22H31NO. The molecule has 2 N–H and O–H groups in total. The second kappa shape index (κ2) is 10.7. The summed E-state index contributed by atoms with van der Waals surface area (Å²) in [7, 11) is 0. The van der Waals surface area contributed by atoms with Gasteiger partial charge in [0, 0.05) is 11.4 Å². The molecule has 0 heterocycles. The number of nitrogens with one attached hydrogen (secondary N) is 1. The third-order valence-electron chi connectivity index (χ3n) is 4.44. The Morgan fingerprint density at radius 1 is 0.750 bits per heavy atom. The van der Waals surface area contributed by atoms with E-state index in [2.05, 4.69) is 18.3 Å². The Kier molecular flexibility index (Phi) is 8.23. The first-order valence-corrected chi connectivity index (χ1v) is 9.43. The number of aryl methyl sites for hydroxylation is 1. The maximum atomic E-state index is 10.1. The molecule has 2 heteroatoms. The van der Waals surface area contributed by atoms with Gasteiger partial charge >= 0.3 is 0 Å². The largest absolute Gasteiger partial charge is 0.508 e. The minimum atomic E-state index is 0.413. The minimum Gasteiger partial charge on any atom is -0.508 e. The van der Waals surface area contributed by atoms with Crippen LogP contribution in [0.15, 0.2) is 48.5 Å². The van der Waals surface area contributed by atoms with Gasteiger partial charge in [-0.05, 0) is 48.7 Å². The van der Waals surface area contributed by atoms with Gasteiger partial charge in [-0.3, -0.25) is 0 Å². The predicted octanol–water partition coefficient (Wildman–Crippen LogP) is 6.82. The summed E-state index contributed by atoms with van der Waals surface area (Å²) < 4.78 is 0. The van der Waals surface area contributed by atoms with E-state index < -0.39 is 0 Å². The molecule has 0 aliphatic rings. The highest BCUT2D eigenvalue weighted by atomic mass is 16.3. The Morgan fingerprint density at radius 2 is 1.42 bits per heavy atom. The molecule has 0 aromatic heterocycles. The number of hydrogen-bond acceptors (Lipinski definition) is 2. The first-order valence-electron chi connectivity index (χ1n) is 9.43. The number of para-hydroxylation sites is 1. The average Bonchev–Trinajstić information content (AvgIpc) is 2.61. The molecule has 2 rings (SSSR count). The van der Waals surface area contributed by atoms with E-state index >= 15 is 0 Å². The predicted molar refractivity (Wildman–Crippen MR) is 104 cm³/mol. The molecule has 0 unspecified atom stereocenters. The molecule has 0 atom stereocenters. The summed E-state index contributed by atoms with van der Waals surface area (Å²) in [6, 6.07) is 15.9. The molecule has 0 radical (unpaired) electrons. The van der Waals surface area contributed by atoms with Crippen LogP contribution in [-0.4, -0.2) is 5.11 Å². The van der Waals surface area contributed by atoms with E-state index in [1.54, 1.807) is 6.07 Å². The van der Waals surface area contributed by atoms with E-state index in [4.69, 9.17) is 0 Å². The Labute approximate surface area is 146 Å². The zero-order valence-electron chi connectivity index (χ0n) is 14.9. The highest BCUT2D eigenvalue weighted by Crippen LogP contribution is 2.25. The van der Waals surface area contributed by atoms with Gasteiger partial charge in [0.1, 0.15) is 5.75 Å². The molecule has 2 aromatic carbocycles. The molecule has 2 aromatic rings. The van der Waals surface area contributed by atoms with Crippen LogP contribution in [-0.2, 0) is 6.42 Å². The van der Waals surface area contributed by atoms with Crippen molar-refractivity contribution in [3.8, 4) is 5.75 Å². The normalized spacial score (nSPS) is 10.7. The summed E-state index contributed by atoms with van der Waals surface area (Å²) in [6.45, 7) is 2.26. The zero-order chi connectivity index (χ0) is 17.0. The van der Waals surface area contributed by atoms with Crippen molar-refractivity contribution in [1.29, 1.82) is 0 Å². The van der Waals surface area contributed by atoms with E-state index in [9.17, 15) is 5.11 Å². The smallest absolute Gasteiger partial charge is 0.118 e. The Balaban J connectivity index is 1.75. The SMILES string of the molecule is CCCCCCCCCCc1cc(Nc2ccccc2)ccc1O. The standard InChI is InChI=1S/C22H31NO/c1-2-3-4-5-6-7-8-10-13-19-18-21(16-17-22(19)24)23-20-14-11-9-12-15-20/h9,11-12,14-18,23-24H,2-8,10,13H2,1H3. The highest BCUT2D eigenvalue weighted by molar-refractivity contribution is 5.61. The summed E-state index contributed by atoms with van der Waals surface area (Å²) >= 11 is 0. The van der Waals surface area contributed by atoms with Gasteiger partial charge in [-0.1, -0.05) is 70.1 Å². The molecule has 0 aliphatic carbocycles. The first kappa shape index (κ1) is 18.4. The van der Waals surface area contributed by atoms with Gasteiger partial charge in [0.15, 0.2) is 0 Å². The summed E-state index contributed by atoms with van der Waals surface area (Å²) in [5.41, 5.74) is 3.15. The molecule has 130 valence electrons. The van der Waals surface area contributed by atoms with Gasteiger partial charge in [-0.15, -0.1) is 0 Å². The number of unbranched alkanes of at least 4 members (excludes halogenated alkanes) is 7. The van der Waals surface area contributed by atoms with Gasteiger partial charge in [0.25, 0.3) is 0 Å². The molecular weight excluding hydrogens is 294 g/mol. The average molecular weight is 325 g/mol. The Hall–Kier alpha value is -1.96. The second-order valence-corrected chi connectivity index (χ2v) is 6.56. The third kappa shape index (κ3) is 6.66. The topological polar surface area (TPSA) is 32.3 Å². The van der Waals surface area contributed by atoms with E-state index in [1.807, 2.05) is 36.4 Å². The van der Waals surface area contributed by atoms with Crippen LogP contribution < -0.4 is 5.32 Å². The number of phenolic OH excluding ortho intramolecular Hbond substituents is 1. The fourth-order valence-corrected chi connectivity index (χ4v) is 3.00. The lowest BCUT2D eigenvalue weighted by atomic mass is 10.0. The second-order valence-electron chi connectivity index (χ2n) is 6.56. The van der Waals surface area contributed by atoms with Crippen molar-refractivity contribution in [3.05, 3.63) is 54.1 Å². The fraction of sp³-hybridized carbons (Fsp3) is 0.455. The van der Waals surface area contributed by atoms with Crippen LogP contribution in [0.5, 0.6) is 5.75 Å². The number of aromatic hydroxyl groups is 1. The number of hydrogen-bond donors (Lipinski definition) is 2. The van der Waals surface area contributed by atoms with E-state index in [1.165, 1.54) is 44.9 Å². The van der Waals surface area contributed by atoms with Crippen LogP contribution in [0.4, 0.5) is 11.4 Å². The quantitative estimate of drug-likeness (QED) is 0.351. The molecule has 0 bridgehead atoms. The summed E-state index contributed by atoms with van der Waals surface area (Å²) in [4.78, 5) is 0. The lowest BCUT2D eigenvalue weighted by Crippen LogP contribution is -1.93. The Morgan fingerprint density at radius 3 is 2.12 bits per heavy atom. The fourth-order valence-electron chi connectivity index (χ4n) is 3.00. The third-order valence-corrected chi connectivity index (χ3v) is 4.44. The summed E-state index contributed by atoms with van der Waals surface area (Å²) in [5.74, 6) is 0.413. The Bertz CT molecular complexity index is 580. The molecule has 0 saturated carbocycles. The minimum absolute atomic E-state index is 0.413. The van der Waals surface area contributed by atoms with E-state index in [0.717, 1.165) is 29.8 Å². The molecule has 0 amide bonds. The zero-order valence-corrected chi connectivity index (χ0v) is 14.9. The van der Waals surface area contributed by atoms with Gasteiger partial charge < -0.3 is 10.4 Å². The summed E-state index contributed by atoms with van der Waals surface area (Å²) in [6.07, 6.45) is 11.4. The van der Waals surface area contributed by atoms with Gasteiger partial charge in [0.05, 0.1) is 0 Å². The monoisotopic (exact) mass is 325 g/mol. The lowest BCUT2D eigenvalue weighted by molar-refractivity contribution is 0.466. The first-order chi connectivity index (χ1) is 11.8. The highest BCUT2D eigenvalue weighted by Gasteiger charge is 2.03. The van der Waals surface area contributed by atoms with Crippen molar-refractivity contribution in [2.24, 2.45) is 0 Å². The van der Waals surface area contributed by atoms with E-state index in [-0.39, 0.29) is 0 Å². The van der Waals surface area contributed by atoms with Crippen LogP contribution in [0.25, 0.3) is 0 Å². The number of anilines is 2. The van der Waals surface area contributed by atoms with Crippen molar-refractivity contribution in [1.82, 2.24) is 0 Å². The summed E-state index contributed by atoms with van der Waals surface area (Å²) in [5, 5.41) is 13.5. The van der Waals surface area contributed by atoms with Crippen LogP contribution in [0, 0.1) is 0 Å². The van der Waals surface area contributed by atoms with Crippen LogP contribution in [0.3, 0.4) is 0 Å². The number of rotatable bonds is 11. The van der Waals surface area contributed by atoms with Crippen molar-refractivity contribution in [2.45, 2.75) is 64.7 Å².